The van der Waals surface area contributed by atoms with Crippen molar-refractivity contribution >= 4 is 46.8 Å². The molecule has 2 amide bonds. The topological polar surface area (TPSA) is 148 Å². The smallest absolute Gasteiger partial charge is 0.399 e. The van der Waals surface area contributed by atoms with Crippen molar-refractivity contribution in [3.63, 3.8) is 0 Å². The number of halogens is 1. The highest BCUT2D eigenvalue weighted by atomic mass is 35.5. The van der Waals surface area contributed by atoms with Crippen LogP contribution in [0, 0.1) is 5.41 Å². The Balaban J connectivity index is 2.34. The fourth-order valence-corrected chi connectivity index (χ4v) is 4.53. The fraction of sp³-hybridized carbons (Fsp3) is 0.250. The summed E-state index contributed by atoms with van der Waals surface area (Å²) in [6, 6.07) is 14.0. The minimum Gasteiger partial charge on any atom is -0.399 e. The molecule has 3 rings (SSSR count). The van der Waals surface area contributed by atoms with E-state index in [2.05, 4.69) is 4.99 Å². The van der Waals surface area contributed by atoms with Gasteiger partial charge in [0.25, 0.3) is 5.91 Å². The lowest BCUT2D eigenvalue weighted by molar-refractivity contribution is -0.857. The minimum atomic E-state index is -0.681. The highest BCUT2D eigenvalue weighted by Gasteiger charge is 2.56. The maximum Gasteiger partial charge on any atom is 0.428 e. The first-order valence-electron chi connectivity index (χ1n) is 10.9. The lowest BCUT2D eigenvalue weighted by Crippen LogP contribution is -2.68. The number of nitrogens with one attached hydrogen (secondary N) is 1. The molecule has 0 aromatic heterocycles. The van der Waals surface area contributed by atoms with Crippen molar-refractivity contribution in [3.8, 4) is 0 Å². The third-order valence-electron chi connectivity index (χ3n) is 6.14. The summed E-state index contributed by atoms with van der Waals surface area (Å²) in [7, 11) is 0. The van der Waals surface area contributed by atoms with Crippen LogP contribution in [0.25, 0.3) is 5.70 Å². The SMILES string of the molecule is CC[N+](N)(CC)C1=NC(Cl)=C(c2cccc(N)c2)[N+](CC(N)=O)(Cc2ccc(C=N)cc2)C1=O. The van der Waals surface area contributed by atoms with E-state index < -0.39 is 16.3 Å². The number of rotatable bonds is 8. The van der Waals surface area contributed by atoms with Crippen LogP contribution >= 0.6 is 11.6 Å². The maximum atomic E-state index is 14.3. The Hall–Kier alpha value is -3.37. The number of nitrogens with zero attached hydrogens (tertiary/aromatic N) is 3. The van der Waals surface area contributed by atoms with Gasteiger partial charge in [0.2, 0.25) is 0 Å². The molecule has 0 fully saturated rings. The number of likely N-dealkylation sites (N-methyl/N-ethyl adjacent to an activating group) is 1. The van der Waals surface area contributed by atoms with Gasteiger partial charge in [0.1, 0.15) is 6.54 Å². The number of nitrogens with two attached hydrogens (primary N) is 3. The number of hydrogen-bond donors (Lipinski definition) is 4. The third-order valence-corrected chi connectivity index (χ3v) is 6.41. The number of hydrogen-bond acceptors (Lipinski definition) is 6. The number of amidine groups is 1. The Bertz CT molecular complexity index is 1190. The number of carbonyl (C=O) groups is 2. The number of primary amides is 1. The predicted octanol–water partition coefficient (Wildman–Crippen LogP) is 2.30. The lowest BCUT2D eigenvalue weighted by atomic mass is 10.0. The van der Waals surface area contributed by atoms with Crippen LogP contribution in [0.5, 0.6) is 0 Å². The minimum absolute atomic E-state index is 0.0485. The summed E-state index contributed by atoms with van der Waals surface area (Å²) in [5, 5.41) is 7.49. The highest BCUT2D eigenvalue weighted by molar-refractivity contribution is 6.40. The normalized spacial score (nSPS) is 18.6. The molecule has 0 saturated carbocycles. The van der Waals surface area contributed by atoms with Gasteiger partial charge in [-0.25, -0.2) is 9.28 Å². The number of aliphatic imine (C=N–C) groups is 1. The second-order valence-corrected chi connectivity index (χ2v) is 8.67. The number of benzene rings is 2. The van der Waals surface area contributed by atoms with Gasteiger partial charge in [-0.15, -0.1) is 0 Å². The van der Waals surface area contributed by atoms with E-state index in [-0.39, 0.29) is 28.7 Å². The number of nitrogen functional groups attached to an aromatic ring is 1. The number of carbonyl (C=O) groups excluding carboxylic acids is 2. The molecule has 178 valence electrons. The van der Waals surface area contributed by atoms with Crippen molar-refractivity contribution in [2.45, 2.75) is 20.4 Å². The number of quaternary nitrogens is 2. The van der Waals surface area contributed by atoms with Crippen molar-refractivity contribution in [2.75, 3.05) is 25.4 Å². The molecule has 9 nitrogen and oxygen atoms in total. The Morgan fingerprint density at radius 2 is 1.82 bits per heavy atom. The Labute approximate surface area is 203 Å². The van der Waals surface area contributed by atoms with Crippen molar-refractivity contribution in [3.05, 3.63) is 70.4 Å². The zero-order valence-corrected chi connectivity index (χ0v) is 20.0. The third kappa shape index (κ3) is 4.64. The molecule has 1 atom stereocenters. The van der Waals surface area contributed by atoms with Gasteiger partial charge in [0, 0.05) is 23.0 Å². The summed E-state index contributed by atoms with van der Waals surface area (Å²) in [6.07, 6.45) is 1.23. The summed E-state index contributed by atoms with van der Waals surface area (Å²) in [5.41, 5.74) is 14.5. The summed E-state index contributed by atoms with van der Waals surface area (Å²) >= 11 is 6.77. The van der Waals surface area contributed by atoms with E-state index in [9.17, 15) is 9.59 Å². The van der Waals surface area contributed by atoms with Crippen molar-refractivity contribution in [2.24, 2.45) is 16.6 Å². The largest absolute Gasteiger partial charge is 0.428 e. The van der Waals surface area contributed by atoms with Gasteiger partial charge in [-0.3, -0.25) is 4.79 Å². The van der Waals surface area contributed by atoms with Crippen LogP contribution in [0.15, 0.2) is 58.7 Å². The van der Waals surface area contributed by atoms with Crippen LogP contribution in [0.4, 0.5) is 5.69 Å². The predicted molar refractivity (Wildman–Crippen MR) is 134 cm³/mol. The molecule has 2 aromatic carbocycles. The number of amides is 2. The molecular weight excluding hydrogens is 454 g/mol. The van der Waals surface area contributed by atoms with E-state index in [1.54, 1.807) is 48.5 Å². The quantitative estimate of drug-likeness (QED) is 0.114. The molecule has 0 aliphatic carbocycles. The molecule has 7 N–H and O–H groups in total. The molecule has 1 heterocycles. The standard InChI is InChI=1S/C24H29ClN7O2/c1-3-32(29,4-2)23-24(34)31(15-20(28)33,14-17-10-8-16(13-26)9-11-17)21(22(25)30-23)18-6-5-7-19(27)12-18/h5-13,26H,3-4,14-15,27,29H2,1-2H3,(H-,28,33)/q+1/p+1. The maximum absolute atomic E-state index is 14.3. The van der Waals surface area contributed by atoms with Gasteiger partial charge in [0.05, 0.1) is 13.1 Å². The van der Waals surface area contributed by atoms with Gasteiger partial charge in [0.15, 0.2) is 17.4 Å². The van der Waals surface area contributed by atoms with E-state index in [4.69, 9.17) is 34.3 Å². The molecule has 10 heteroatoms. The van der Waals surface area contributed by atoms with Gasteiger partial charge in [-0.05, 0) is 37.6 Å². The van der Waals surface area contributed by atoms with E-state index in [0.717, 1.165) is 5.56 Å². The molecule has 34 heavy (non-hydrogen) atoms. The van der Waals surface area contributed by atoms with Crippen LogP contribution in [0.2, 0.25) is 0 Å². The molecule has 2 aromatic rings. The van der Waals surface area contributed by atoms with E-state index in [1.165, 1.54) is 6.21 Å². The second-order valence-electron chi connectivity index (χ2n) is 8.31. The van der Waals surface area contributed by atoms with Crippen molar-refractivity contribution < 1.29 is 18.7 Å². The van der Waals surface area contributed by atoms with Gasteiger partial charge in [-0.1, -0.05) is 41.9 Å². The van der Waals surface area contributed by atoms with E-state index >= 15 is 0 Å². The summed E-state index contributed by atoms with van der Waals surface area (Å²) in [5.74, 6) is 5.47. The first kappa shape index (κ1) is 25.3. The average Bonchev–Trinajstić information content (AvgIpc) is 2.81. The van der Waals surface area contributed by atoms with Crippen molar-refractivity contribution in [1.82, 2.24) is 0 Å². The summed E-state index contributed by atoms with van der Waals surface area (Å²) < 4.78 is -0.762. The Morgan fingerprint density at radius 1 is 1.18 bits per heavy atom. The molecule has 0 radical (unpaired) electrons. The summed E-state index contributed by atoms with van der Waals surface area (Å²) in [6.45, 7) is 4.21. The molecule has 1 aliphatic heterocycles. The molecule has 0 spiro atoms. The average molecular weight is 484 g/mol. The fourth-order valence-electron chi connectivity index (χ4n) is 4.18. The monoisotopic (exact) mass is 483 g/mol. The van der Waals surface area contributed by atoms with Gasteiger partial charge >= 0.3 is 11.7 Å². The van der Waals surface area contributed by atoms with Crippen LogP contribution in [-0.2, 0) is 16.1 Å². The zero-order chi connectivity index (χ0) is 25.1. The first-order valence-corrected chi connectivity index (χ1v) is 11.3. The second kappa shape index (κ2) is 9.86. The van der Waals surface area contributed by atoms with Crippen LogP contribution in [0.1, 0.15) is 30.5 Å². The molecule has 0 bridgehead atoms. The summed E-state index contributed by atoms with van der Waals surface area (Å²) in [4.78, 5) is 31.1. The highest BCUT2D eigenvalue weighted by Crippen LogP contribution is 2.40. The van der Waals surface area contributed by atoms with Crippen LogP contribution < -0.4 is 17.3 Å². The molecule has 1 unspecified atom stereocenters. The van der Waals surface area contributed by atoms with Crippen molar-refractivity contribution in [1.29, 1.82) is 5.41 Å². The van der Waals surface area contributed by atoms with Gasteiger partial charge < -0.3 is 16.9 Å². The van der Waals surface area contributed by atoms with Crippen LogP contribution in [0.3, 0.4) is 0 Å². The molecule has 0 saturated heterocycles. The van der Waals surface area contributed by atoms with Crippen LogP contribution in [-0.4, -0.2) is 52.6 Å². The molecule has 1 aliphatic rings. The Morgan fingerprint density at radius 3 is 2.35 bits per heavy atom. The van der Waals surface area contributed by atoms with E-state index in [0.29, 0.717) is 35.6 Å². The first-order chi connectivity index (χ1) is 16.1. The molecular formula is C24H30ClN7O2+2. The zero-order valence-electron chi connectivity index (χ0n) is 19.3. The Kier molecular flexibility index (Phi) is 7.32. The number of anilines is 1. The van der Waals surface area contributed by atoms with E-state index in [1.807, 2.05) is 13.8 Å². The van der Waals surface area contributed by atoms with Gasteiger partial charge in [-0.2, -0.15) is 15.4 Å². The lowest BCUT2D eigenvalue weighted by Gasteiger charge is -2.40.